The molecule has 6 rings (SSSR count). The van der Waals surface area contributed by atoms with E-state index in [4.69, 9.17) is 0 Å². The second kappa shape index (κ2) is 12.7. The van der Waals surface area contributed by atoms with E-state index in [1.807, 2.05) is 0 Å². The highest BCUT2D eigenvalue weighted by molar-refractivity contribution is 7.10. The maximum Gasteiger partial charge on any atom is 0.0491 e. The Morgan fingerprint density at radius 1 is 0.500 bits per heavy atom. The number of hydrogen-bond acceptors (Lipinski definition) is 2. The van der Waals surface area contributed by atoms with Crippen LogP contribution in [0.15, 0.2) is 139 Å². The average Bonchev–Trinajstić information content (AvgIpc) is 3.56. The third-order valence-corrected chi connectivity index (χ3v) is 8.21. The van der Waals surface area contributed by atoms with E-state index in [1.165, 1.54) is 49.5 Å². The maximum absolute atomic E-state index is 2.34. The zero-order valence-corrected chi connectivity index (χ0v) is 24.8. The monoisotopic (exact) mass is 559 g/mol. The van der Waals surface area contributed by atoms with E-state index in [-0.39, 0.29) is 0 Å². The Morgan fingerprint density at radius 3 is 1.67 bits per heavy atom. The van der Waals surface area contributed by atoms with Gasteiger partial charge in [0.25, 0.3) is 0 Å². The van der Waals surface area contributed by atoms with E-state index in [9.17, 15) is 0 Å². The summed E-state index contributed by atoms with van der Waals surface area (Å²) in [6.07, 6.45) is 8.67. The van der Waals surface area contributed by atoms with Crippen LogP contribution >= 0.6 is 11.3 Å². The van der Waals surface area contributed by atoms with Gasteiger partial charge in [-0.15, -0.1) is 11.3 Å². The minimum absolute atomic E-state index is 1.13. The lowest BCUT2D eigenvalue weighted by molar-refractivity contribution is 1.25. The smallest absolute Gasteiger partial charge is 0.0491 e. The SMILES string of the molecule is Cc1ccc(-c2ccc(N(c3ccccc3)c3ccc(C=Cc4ccc(C=Cc5cccs5)cc4)cc3)c(C)c2)cc1. The van der Waals surface area contributed by atoms with Crippen LogP contribution in [0.1, 0.15) is 32.7 Å². The summed E-state index contributed by atoms with van der Waals surface area (Å²) >= 11 is 1.75. The van der Waals surface area contributed by atoms with Gasteiger partial charge >= 0.3 is 0 Å². The molecule has 1 heterocycles. The van der Waals surface area contributed by atoms with Crippen molar-refractivity contribution >= 4 is 52.7 Å². The Bertz CT molecular complexity index is 1790. The lowest BCUT2D eigenvalue weighted by Crippen LogP contribution is -2.11. The first kappa shape index (κ1) is 27.3. The van der Waals surface area contributed by atoms with Crippen LogP contribution in [0.3, 0.4) is 0 Å². The highest BCUT2D eigenvalue weighted by atomic mass is 32.1. The van der Waals surface area contributed by atoms with Gasteiger partial charge in [0.2, 0.25) is 0 Å². The number of anilines is 3. The van der Waals surface area contributed by atoms with Crippen LogP contribution in [0.4, 0.5) is 17.1 Å². The van der Waals surface area contributed by atoms with Crippen molar-refractivity contribution < 1.29 is 0 Å². The fourth-order valence-corrected chi connectivity index (χ4v) is 5.66. The van der Waals surface area contributed by atoms with E-state index < -0.39 is 0 Å². The molecule has 0 aliphatic carbocycles. The first-order valence-electron chi connectivity index (χ1n) is 14.3. The summed E-state index contributed by atoms with van der Waals surface area (Å²) < 4.78 is 0. The number of nitrogens with zero attached hydrogens (tertiary/aromatic N) is 1. The van der Waals surface area contributed by atoms with Gasteiger partial charge in [0.1, 0.15) is 0 Å². The predicted molar refractivity (Wildman–Crippen MR) is 185 cm³/mol. The van der Waals surface area contributed by atoms with Gasteiger partial charge in [-0.3, -0.25) is 0 Å². The van der Waals surface area contributed by atoms with Crippen LogP contribution in [-0.4, -0.2) is 0 Å². The van der Waals surface area contributed by atoms with Gasteiger partial charge in [0.15, 0.2) is 0 Å². The van der Waals surface area contributed by atoms with Gasteiger partial charge in [-0.05, 0) is 101 Å². The fraction of sp³-hybridized carbons (Fsp3) is 0.0500. The summed E-state index contributed by atoms with van der Waals surface area (Å²) in [6.45, 7) is 4.32. The lowest BCUT2D eigenvalue weighted by Gasteiger charge is -2.27. The molecular weight excluding hydrogens is 527 g/mol. The van der Waals surface area contributed by atoms with Gasteiger partial charge in [-0.2, -0.15) is 0 Å². The Balaban J connectivity index is 1.23. The first-order chi connectivity index (χ1) is 20.6. The summed E-state index contributed by atoms with van der Waals surface area (Å²) in [7, 11) is 0. The molecule has 1 aromatic heterocycles. The van der Waals surface area contributed by atoms with E-state index in [1.54, 1.807) is 11.3 Å². The Hall–Kier alpha value is -4.92. The Kier molecular flexibility index (Phi) is 8.26. The molecule has 0 saturated heterocycles. The molecule has 0 spiro atoms. The fourth-order valence-electron chi connectivity index (χ4n) is 5.05. The van der Waals surface area contributed by atoms with E-state index >= 15 is 0 Å². The molecule has 0 atom stereocenters. The molecule has 6 aromatic rings. The molecule has 0 saturated carbocycles. The number of thiophene rings is 1. The van der Waals surface area contributed by atoms with E-state index in [0.29, 0.717) is 0 Å². The summed E-state index contributed by atoms with van der Waals surface area (Å²) in [5, 5.41) is 2.10. The molecular formula is C40H33NS. The first-order valence-corrected chi connectivity index (χ1v) is 15.1. The highest BCUT2D eigenvalue weighted by Gasteiger charge is 2.15. The zero-order valence-electron chi connectivity index (χ0n) is 23.9. The predicted octanol–water partition coefficient (Wildman–Crippen LogP) is 11.8. The number of hydrogen-bond donors (Lipinski definition) is 0. The topological polar surface area (TPSA) is 3.24 Å². The molecule has 1 nitrogen and oxygen atoms in total. The van der Waals surface area contributed by atoms with Crippen molar-refractivity contribution in [2.45, 2.75) is 13.8 Å². The summed E-state index contributed by atoms with van der Waals surface area (Å²) in [5.41, 5.74) is 12.0. The number of para-hydroxylation sites is 1. The number of benzene rings is 5. The molecule has 0 bridgehead atoms. The van der Waals surface area contributed by atoms with Crippen molar-refractivity contribution in [1.82, 2.24) is 0 Å². The number of aryl methyl sites for hydroxylation is 2. The third-order valence-electron chi connectivity index (χ3n) is 7.38. The van der Waals surface area contributed by atoms with Gasteiger partial charge in [0, 0.05) is 21.9 Å². The van der Waals surface area contributed by atoms with Crippen LogP contribution < -0.4 is 4.90 Å². The summed E-state index contributed by atoms with van der Waals surface area (Å²) in [5.74, 6) is 0. The molecule has 42 heavy (non-hydrogen) atoms. The van der Waals surface area contributed by atoms with Gasteiger partial charge in [-0.25, -0.2) is 0 Å². The molecule has 204 valence electrons. The van der Waals surface area contributed by atoms with Crippen molar-refractivity contribution in [2.75, 3.05) is 4.90 Å². The van der Waals surface area contributed by atoms with Crippen molar-refractivity contribution in [3.8, 4) is 11.1 Å². The average molecular weight is 560 g/mol. The second-order valence-corrected chi connectivity index (χ2v) is 11.5. The molecule has 5 aromatic carbocycles. The van der Waals surface area contributed by atoms with E-state index in [2.05, 4.69) is 182 Å². The molecule has 0 amide bonds. The normalized spacial score (nSPS) is 11.4. The van der Waals surface area contributed by atoms with Crippen molar-refractivity contribution in [3.63, 3.8) is 0 Å². The lowest BCUT2D eigenvalue weighted by atomic mass is 10.0. The summed E-state index contributed by atoms with van der Waals surface area (Å²) in [4.78, 5) is 3.60. The Morgan fingerprint density at radius 2 is 1.07 bits per heavy atom. The van der Waals surface area contributed by atoms with Crippen LogP contribution in [0.5, 0.6) is 0 Å². The third kappa shape index (κ3) is 6.52. The van der Waals surface area contributed by atoms with Gasteiger partial charge in [-0.1, -0.05) is 115 Å². The number of rotatable bonds is 8. The van der Waals surface area contributed by atoms with Gasteiger partial charge < -0.3 is 4.90 Å². The van der Waals surface area contributed by atoms with Crippen molar-refractivity contribution in [3.05, 3.63) is 172 Å². The standard InChI is InChI=1S/C40H33NS/c1-30-10-21-35(22-11-30)36-23-27-40(31(2)29-36)41(37-7-4-3-5-8-37)38-24-18-34(19-25-38)17-14-32-12-15-33(16-13-32)20-26-39-9-6-28-42-39/h3-29H,1-2H3. The quantitative estimate of drug-likeness (QED) is 0.168. The van der Waals surface area contributed by atoms with Crippen LogP contribution in [0.25, 0.3) is 35.4 Å². The molecule has 2 heteroatoms. The van der Waals surface area contributed by atoms with Crippen LogP contribution in [0, 0.1) is 13.8 Å². The maximum atomic E-state index is 2.34. The zero-order chi connectivity index (χ0) is 28.7. The minimum Gasteiger partial charge on any atom is -0.310 e. The molecule has 0 radical (unpaired) electrons. The Labute approximate surface area is 253 Å². The van der Waals surface area contributed by atoms with Crippen molar-refractivity contribution in [2.24, 2.45) is 0 Å². The molecule has 0 aliphatic rings. The second-order valence-electron chi connectivity index (χ2n) is 10.5. The largest absolute Gasteiger partial charge is 0.310 e. The van der Waals surface area contributed by atoms with E-state index in [0.717, 1.165) is 11.4 Å². The minimum atomic E-state index is 1.13. The molecule has 0 N–H and O–H groups in total. The summed E-state index contributed by atoms with van der Waals surface area (Å²) in [6, 6.07) is 47.7. The van der Waals surface area contributed by atoms with Gasteiger partial charge in [0.05, 0.1) is 0 Å². The van der Waals surface area contributed by atoms with Crippen LogP contribution in [-0.2, 0) is 0 Å². The van der Waals surface area contributed by atoms with Crippen molar-refractivity contribution in [1.29, 1.82) is 0 Å². The highest BCUT2D eigenvalue weighted by Crippen LogP contribution is 2.38. The molecule has 0 aliphatic heterocycles. The van der Waals surface area contributed by atoms with Crippen LogP contribution in [0.2, 0.25) is 0 Å². The molecule has 0 fully saturated rings. The molecule has 0 unspecified atom stereocenters.